The number of nitrogens with zero attached hydrogens (tertiary/aromatic N) is 3. The average molecular weight is 278 g/mol. The first kappa shape index (κ1) is 16.9. The molecule has 0 aliphatic carbocycles. The summed E-state index contributed by atoms with van der Waals surface area (Å²) in [7, 11) is 0. The predicted octanol–water partition coefficient (Wildman–Crippen LogP) is 3.46. The molecule has 4 nitrogen and oxygen atoms in total. The van der Waals surface area contributed by atoms with Gasteiger partial charge < -0.3 is 10.6 Å². The summed E-state index contributed by atoms with van der Waals surface area (Å²) in [6, 6.07) is 0.436. The van der Waals surface area contributed by atoms with Crippen molar-refractivity contribution in [1.82, 2.24) is 9.97 Å². The fourth-order valence-electron chi connectivity index (χ4n) is 2.28. The first-order valence-corrected chi connectivity index (χ1v) is 7.83. The van der Waals surface area contributed by atoms with Gasteiger partial charge in [0.15, 0.2) is 0 Å². The van der Waals surface area contributed by atoms with Crippen molar-refractivity contribution in [2.45, 2.75) is 72.4 Å². The Morgan fingerprint density at radius 1 is 1.20 bits per heavy atom. The number of hydrogen-bond acceptors (Lipinski definition) is 4. The standard InChI is InChI=1S/C16H30N4/c1-6-7-8-9-20(13(4)5)15-11-18-16(12(2)3)19-14(15)10-17/h11-13H,6-10,17H2,1-5H3. The molecule has 0 aliphatic rings. The molecule has 0 saturated heterocycles. The molecule has 2 N–H and O–H groups in total. The van der Waals surface area contributed by atoms with E-state index in [2.05, 4.69) is 49.5 Å². The van der Waals surface area contributed by atoms with Gasteiger partial charge in [0.25, 0.3) is 0 Å². The summed E-state index contributed by atoms with van der Waals surface area (Å²) in [4.78, 5) is 11.5. The predicted molar refractivity (Wildman–Crippen MR) is 86.0 cm³/mol. The molecule has 0 unspecified atom stereocenters. The largest absolute Gasteiger partial charge is 0.366 e. The fraction of sp³-hybridized carbons (Fsp3) is 0.750. The van der Waals surface area contributed by atoms with Crippen LogP contribution in [0.1, 0.15) is 71.3 Å². The molecule has 1 rings (SSSR count). The number of aromatic nitrogens is 2. The third kappa shape index (κ3) is 4.44. The van der Waals surface area contributed by atoms with Gasteiger partial charge in [0, 0.05) is 25.0 Å². The molecule has 0 saturated carbocycles. The van der Waals surface area contributed by atoms with Crippen LogP contribution in [0, 0.1) is 0 Å². The van der Waals surface area contributed by atoms with Crippen molar-refractivity contribution >= 4 is 5.69 Å². The van der Waals surface area contributed by atoms with Crippen molar-refractivity contribution in [2.75, 3.05) is 11.4 Å². The first-order valence-electron chi connectivity index (χ1n) is 7.83. The third-order valence-electron chi connectivity index (χ3n) is 3.51. The summed E-state index contributed by atoms with van der Waals surface area (Å²) in [5.41, 5.74) is 7.96. The minimum atomic E-state index is 0.335. The van der Waals surface area contributed by atoms with Crippen LogP contribution in [0.15, 0.2) is 6.20 Å². The summed E-state index contributed by atoms with van der Waals surface area (Å²) >= 11 is 0. The van der Waals surface area contributed by atoms with E-state index < -0.39 is 0 Å². The highest BCUT2D eigenvalue weighted by molar-refractivity contribution is 5.50. The van der Waals surface area contributed by atoms with Gasteiger partial charge in [0.05, 0.1) is 17.6 Å². The van der Waals surface area contributed by atoms with Gasteiger partial charge >= 0.3 is 0 Å². The monoisotopic (exact) mass is 278 g/mol. The van der Waals surface area contributed by atoms with E-state index >= 15 is 0 Å². The molecule has 4 heteroatoms. The molecule has 0 atom stereocenters. The van der Waals surface area contributed by atoms with Crippen molar-refractivity contribution < 1.29 is 0 Å². The Hall–Kier alpha value is -1.16. The number of hydrogen-bond donors (Lipinski definition) is 1. The molecule has 20 heavy (non-hydrogen) atoms. The van der Waals surface area contributed by atoms with E-state index in [1.807, 2.05) is 6.20 Å². The fourth-order valence-corrected chi connectivity index (χ4v) is 2.28. The third-order valence-corrected chi connectivity index (χ3v) is 3.51. The SMILES string of the molecule is CCCCCN(c1cnc(C(C)C)nc1CN)C(C)C. The van der Waals surface area contributed by atoms with E-state index in [-0.39, 0.29) is 0 Å². The quantitative estimate of drug-likeness (QED) is 0.740. The molecule has 0 aliphatic heterocycles. The zero-order valence-electron chi connectivity index (χ0n) is 13.7. The lowest BCUT2D eigenvalue weighted by atomic mass is 10.1. The van der Waals surface area contributed by atoms with Crippen LogP contribution in [-0.2, 0) is 6.54 Å². The van der Waals surface area contributed by atoms with Gasteiger partial charge in [-0.05, 0) is 20.3 Å². The van der Waals surface area contributed by atoms with Crippen molar-refractivity contribution in [3.05, 3.63) is 17.7 Å². The zero-order valence-corrected chi connectivity index (χ0v) is 13.7. The van der Waals surface area contributed by atoms with Crippen LogP contribution < -0.4 is 10.6 Å². The summed E-state index contributed by atoms with van der Waals surface area (Å²) in [6.07, 6.45) is 5.64. The maximum atomic E-state index is 5.90. The Bertz CT molecular complexity index is 401. The van der Waals surface area contributed by atoms with E-state index in [1.165, 1.54) is 19.3 Å². The molecule has 0 radical (unpaired) electrons. The first-order chi connectivity index (χ1) is 9.51. The molecular formula is C16H30N4. The summed E-state index contributed by atoms with van der Waals surface area (Å²) < 4.78 is 0. The van der Waals surface area contributed by atoms with Crippen LogP contribution in [0.25, 0.3) is 0 Å². The van der Waals surface area contributed by atoms with Crippen molar-refractivity contribution in [1.29, 1.82) is 0 Å². The van der Waals surface area contributed by atoms with E-state index in [9.17, 15) is 0 Å². The van der Waals surface area contributed by atoms with Crippen molar-refractivity contribution in [3.8, 4) is 0 Å². The molecule has 1 heterocycles. The van der Waals surface area contributed by atoms with Crippen LogP contribution in [0.5, 0.6) is 0 Å². The van der Waals surface area contributed by atoms with Crippen LogP contribution in [-0.4, -0.2) is 22.6 Å². The van der Waals surface area contributed by atoms with Gasteiger partial charge in [0.1, 0.15) is 5.82 Å². The number of unbranched alkanes of at least 4 members (excludes halogenated alkanes) is 2. The second-order valence-electron chi connectivity index (χ2n) is 5.91. The molecule has 0 spiro atoms. The zero-order chi connectivity index (χ0) is 15.1. The van der Waals surface area contributed by atoms with Crippen LogP contribution in [0.4, 0.5) is 5.69 Å². The maximum absolute atomic E-state index is 5.90. The summed E-state index contributed by atoms with van der Waals surface area (Å²) in [5.74, 6) is 1.22. The van der Waals surface area contributed by atoms with Crippen LogP contribution in [0.3, 0.4) is 0 Å². The van der Waals surface area contributed by atoms with E-state index in [4.69, 9.17) is 5.73 Å². The maximum Gasteiger partial charge on any atom is 0.131 e. The second kappa shape index (κ2) is 8.20. The lowest BCUT2D eigenvalue weighted by Crippen LogP contribution is -2.33. The molecule has 114 valence electrons. The van der Waals surface area contributed by atoms with Crippen LogP contribution in [0.2, 0.25) is 0 Å². The number of anilines is 1. The van der Waals surface area contributed by atoms with Gasteiger partial charge in [0.2, 0.25) is 0 Å². The lowest BCUT2D eigenvalue weighted by Gasteiger charge is -2.30. The normalized spacial score (nSPS) is 11.4. The van der Waals surface area contributed by atoms with Gasteiger partial charge in [-0.25, -0.2) is 9.97 Å². The molecule has 0 amide bonds. The molecule has 1 aromatic rings. The Balaban J connectivity index is 3.00. The van der Waals surface area contributed by atoms with Crippen LogP contribution >= 0.6 is 0 Å². The van der Waals surface area contributed by atoms with Gasteiger partial charge in [-0.3, -0.25) is 0 Å². The topological polar surface area (TPSA) is 55.0 Å². The molecular weight excluding hydrogens is 248 g/mol. The Labute approximate surface area is 123 Å². The Morgan fingerprint density at radius 3 is 2.40 bits per heavy atom. The summed E-state index contributed by atoms with van der Waals surface area (Å²) in [6.45, 7) is 12.4. The highest BCUT2D eigenvalue weighted by Gasteiger charge is 2.16. The van der Waals surface area contributed by atoms with Gasteiger partial charge in [-0.2, -0.15) is 0 Å². The lowest BCUT2D eigenvalue weighted by molar-refractivity contribution is 0.618. The van der Waals surface area contributed by atoms with E-state index in [0.29, 0.717) is 18.5 Å². The van der Waals surface area contributed by atoms with E-state index in [1.54, 1.807) is 0 Å². The molecule has 0 bridgehead atoms. The number of rotatable bonds is 8. The molecule has 0 aromatic carbocycles. The smallest absolute Gasteiger partial charge is 0.131 e. The highest BCUT2D eigenvalue weighted by atomic mass is 15.2. The van der Waals surface area contributed by atoms with Crippen molar-refractivity contribution in [3.63, 3.8) is 0 Å². The highest BCUT2D eigenvalue weighted by Crippen LogP contribution is 2.22. The van der Waals surface area contributed by atoms with Gasteiger partial charge in [-0.15, -0.1) is 0 Å². The Kier molecular flexibility index (Phi) is 6.93. The molecule has 1 aromatic heterocycles. The van der Waals surface area contributed by atoms with E-state index in [0.717, 1.165) is 23.8 Å². The average Bonchev–Trinajstić information content (AvgIpc) is 2.42. The summed E-state index contributed by atoms with van der Waals surface area (Å²) in [5, 5.41) is 0. The molecule has 0 fully saturated rings. The van der Waals surface area contributed by atoms with Gasteiger partial charge in [-0.1, -0.05) is 33.6 Å². The van der Waals surface area contributed by atoms with Crippen molar-refractivity contribution in [2.24, 2.45) is 5.73 Å². The second-order valence-corrected chi connectivity index (χ2v) is 5.91. The minimum Gasteiger partial charge on any atom is -0.366 e. The number of nitrogens with two attached hydrogens (primary N) is 1. The Morgan fingerprint density at radius 2 is 1.90 bits per heavy atom. The minimum absolute atomic E-state index is 0.335.